The van der Waals surface area contributed by atoms with Crippen molar-refractivity contribution >= 4 is 5.82 Å². The Morgan fingerprint density at radius 3 is 2.50 bits per heavy atom. The Bertz CT molecular complexity index is 324. The SMILES string of the molecule is CCc1cnc(NC(CC)CC)c(OC)n1. The Labute approximate surface area is 97.5 Å². The van der Waals surface area contributed by atoms with Gasteiger partial charge >= 0.3 is 0 Å². The summed E-state index contributed by atoms with van der Waals surface area (Å²) < 4.78 is 5.24. The van der Waals surface area contributed by atoms with E-state index in [9.17, 15) is 0 Å². The van der Waals surface area contributed by atoms with E-state index in [4.69, 9.17) is 4.74 Å². The summed E-state index contributed by atoms with van der Waals surface area (Å²) in [4.78, 5) is 8.74. The first-order valence-corrected chi connectivity index (χ1v) is 5.91. The van der Waals surface area contributed by atoms with Gasteiger partial charge in [0.05, 0.1) is 19.0 Å². The molecule has 1 N–H and O–H groups in total. The number of hydrogen-bond donors (Lipinski definition) is 1. The van der Waals surface area contributed by atoms with Crippen LogP contribution in [0.25, 0.3) is 0 Å². The van der Waals surface area contributed by atoms with Crippen molar-refractivity contribution in [2.24, 2.45) is 0 Å². The van der Waals surface area contributed by atoms with Crippen molar-refractivity contribution in [3.05, 3.63) is 11.9 Å². The van der Waals surface area contributed by atoms with E-state index in [0.717, 1.165) is 30.8 Å². The molecule has 1 aromatic rings. The number of ether oxygens (including phenoxy) is 1. The lowest BCUT2D eigenvalue weighted by molar-refractivity contribution is 0.395. The second-order valence-electron chi connectivity index (χ2n) is 3.73. The zero-order chi connectivity index (χ0) is 12.0. The molecule has 1 aromatic heterocycles. The molecule has 0 aromatic carbocycles. The minimum Gasteiger partial charge on any atom is -0.478 e. The molecule has 1 heterocycles. The molecule has 1 rings (SSSR count). The molecule has 0 atom stereocenters. The van der Waals surface area contributed by atoms with Crippen LogP contribution in [0.15, 0.2) is 6.20 Å². The molecule has 0 amide bonds. The van der Waals surface area contributed by atoms with Crippen molar-refractivity contribution in [3.63, 3.8) is 0 Å². The zero-order valence-corrected chi connectivity index (χ0v) is 10.6. The Hall–Kier alpha value is -1.32. The van der Waals surface area contributed by atoms with Crippen molar-refractivity contribution < 1.29 is 4.74 Å². The summed E-state index contributed by atoms with van der Waals surface area (Å²) in [5.74, 6) is 1.33. The van der Waals surface area contributed by atoms with Crippen LogP contribution in [0.5, 0.6) is 5.88 Å². The standard InChI is InChI=1S/C12H21N3O/c1-5-9(6-2)14-11-12(16-4)15-10(7-3)8-13-11/h8-9H,5-7H2,1-4H3,(H,13,14). The van der Waals surface area contributed by atoms with Crippen LogP contribution in [0.1, 0.15) is 39.3 Å². The van der Waals surface area contributed by atoms with E-state index in [1.54, 1.807) is 13.3 Å². The lowest BCUT2D eigenvalue weighted by atomic mass is 10.2. The topological polar surface area (TPSA) is 47.0 Å². The van der Waals surface area contributed by atoms with E-state index < -0.39 is 0 Å². The fraction of sp³-hybridized carbons (Fsp3) is 0.667. The van der Waals surface area contributed by atoms with Gasteiger partial charge in [0.1, 0.15) is 0 Å². The number of hydrogen-bond acceptors (Lipinski definition) is 4. The Morgan fingerprint density at radius 1 is 1.31 bits per heavy atom. The quantitative estimate of drug-likeness (QED) is 0.805. The minimum absolute atomic E-state index is 0.427. The molecular weight excluding hydrogens is 202 g/mol. The highest BCUT2D eigenvalue weighted by Gasteiger charge is 2.11. The van der Waals surface area contributed by atoms with E-state index in [0.29, 0.717) is 11.9 Å². The average molecular weight is 223 g/mol. The largest absolute Gasteiger partial charge is 0.478 e. The van der Waals surface area contributed by atoms with Crippen LogP contribution >= 0.6 is 0 Å². The number of anilines is 1. The van der Waals surface area contributed by atoms with Crippen molar-refractivity contribution in [1.82, 2.24) is 9.97 Å². The van der Waals surface area contributed by atoms with E-state index in [-0.39, 0.29) is 0 Å². The fourth-order valence-electron chi connectivity index (χ4n) is 1.50. The maximum absolute atomic E-state index is 5.24. The van der Waals surface area contributed by atoms with Crippen LogP contribution in [0, 0.1) is 0 Å². The maximum atomic E-state index is 5.24. The van der Waals surface area contributed by atoms with Crippen molar-refractivity contribution in [3.8, 4) is 5.88 Å². The summed E-state index contributed by atoms with van der Waals surface area (Å²) >= 11 is 0. The Balaban J connectivity index is 2.86. The molecule has 4 nitrogen and oxygen atoms in total. The summed E-state index contributed by atoms with van der Waals surface area (Å²) in [6, 6.07) is 0.427. The highest BCUT2D eigenvalue weighted by Crippen LogP contribution is 2.20. The zero-order valence-electron chi connectivity index (χ0n) is 10.6. The van der Waals surface area contributed by atoms with Crippen molar-refractivity contribution in [2.45, 2.75) is 46.1 Å². The van der Waals surface area contributed by atoms with Crippen LogP contribution < -0.4 is 10.1 Å². The molecular formula is C12H21N3O. The van der Waals surface area contributed by atoms with Gasteiger partial charge in [-0.1, -0.05) is 20.8 Å². The smallest absolute Gasteiger partial charge is 0.257 e. The summed E-state index contributed by atoms with van der Waals surface area (Å²) in [5, 5.41) is 3.35. The highest BCUT2D eigenvalue weighted by molar-refractivity contribution is 5.46. The molecule has 0 radical (unpaired) electrons. The summed E-state index contributed by atoms with van der Waals surface area (Å²) in [6.45, 7) is 6.36. The van der Waals surface area contributed by atoms with E-state index >= 15 is 0 Å². The molecule has 0 aliphatic carbocycles. The van der Waals surface area contributed by atoms with Gasteiger partial charge in [-0.2, -0.15) is 0 Å². The van der Waals surface area contributed by atoms with Gasteiger partial charge < -0.3 is 10.1 Å². The molecule has 0 saturated heterocycles. The van der Waals surface area contributed by atoms with E-state index in [1.807, 2.05) is 0 Å². The average Bonchev–Trinajstić information content (AvgIpc) is 2.35. The number of nitrogens with one attached hydrogen (secondary N) is 1. The monoisotopic (exact) mass is 223 g/mol. The second kappa shape index (κ2) is 6.30. The molecule has 0 saturated carbocycles. The number of nitrogens with zero attached hydrogens (tertiary/aromatic N) is 2. The summed E-state index contributed by atoms with van der Waals surface area (Å²) in [5.41, 5.74) is 0.951. The summed E-state index contributed by atoms with van der Waals surface area (Å²) in [6.07, 6.45) is 4.80. The second-order valence-corrected chi connectivity index (χ2v) is 3.73. The van der Waals surface area contributed by atoms with Gasteiger partial charge in [-0.15, -0.1) is 0 Å². The third kappa shape index (κ3) is 3.08. The third-order valence-electron chi connectivity index (χ3n) is 2.67. The predicted molar refractivity (Wildman–Crippen MR) is 66.0 cm³/mol. The maximum Gasteiger partial charge on any atom is 0.257 e. The molecule has 0 aliphatic rings. The van der Waals surface area contributed by atoms with Gasteiger partial charge in [-0.25, -0.2) is 9.97 Å². The first-order chi connectivity index (χ1) is 7.74. The molecule has 4 heteroatoms. The minimum atomic E-state index is 0.427. The van der Waals surface area contributed by atoms with Crippen molar-refractivity contribution in [1.29, 1.82) is 0 Å². The Kier molecular flexibility index (Phi) is 5.02. The van der Waals surface area contributed by atoms with Gasteiger partial charge in [0.25, 0.3) is 5.88 Å². The van der Waals surface area contributed by atoms with Gasteiger partial charge in [-0.05, 0) is 19.3 Å². The molecule has 0 unspecified atom stereocenters. The van der Waals surface area contributed by atoms with Crippen LogP contribution in [0.2, 0.25) is 0 Å². The predicted octanol–water partition coefficient (Wildman–Crippen LogP) is 2.65. The molecule has 0 spiro atoms. The number of aromatic nitrogens is 2. The van der Waals surface area contributed by atoms with E-state index in [1.165, 1.54) is 0 Å². The lowest BCUT2D eigenvalue weighted by Crippen LogP contribution is -2.19. The first-order valence-electron chi connectivity index (χ1n) is 5.91. The van der Waals surface area contributed by atoms with Crippen LogP contribution in [-0.4, -0.2) is 23.1 Å². The van der Waals surface area contributed by atoms with Gasteiger partial charge in [0, 0.05) is 6.04 Å². The van der Waals surface area contributed by atoms with E-state index in [2.05, 4.69) is 36.1 Å². The van der Waals surface area contributed by atoms with Gasteiger partial charge in [-0.3, -0.25) is 0 Å². The van der Waals surface area contributed by atoms with Crippen LogP contribution in [0.4, 0.5) is 5.82 Å². The lowest BCUT2D eigenvalue weighted by Gasteiger charge is -2.17. The normalized spacial score (nSPS) is 10.6. The summed E-state index contributed by atoms with van der Waals surface area (Å²) in [7, 11) is 1.63. The number of rotatable bonds is 6. The number of methoxy groups -OCH3 is 1. The third-order valence-corrected chi connectivity index (χ3v) is 2.67. The molecule has 0 bridgehead atoms. The molecule has 16 heavy (non-hydrogen) atoms. The van der Waals surface area contributed by atoms with Gasteiger partial charge in [0.2, 0.25) is 0 Å². The first kappa shape index (κ1) is 12.7. The van der Waals surface area contributed by atoms with Crippen molar-refractivity contribution in [2.75, 3.05) is 12.4 Å². The van der Waals surface area contributed by atoms with Gasteiger partial charge in [0.15, 0.2) is 5.82 Å². The van der Waals surface area contributed by atoms with Crippen LogP contribution in [-0.2, 0) is 6.42 Å². The van der Waals surface area contributed by atoms with Crippen LogP contribution in [0.3, 0.4) is 0 Å². The molecule has 0 fully saturated rings. The Morgan fingerprint density at radius 2 is 2.00 bits per heavy atom. The highest BCUT2D eigenvalue weighted by atomic mass is 16.5. The fourth-order valence-corrected chi connectivity index (χ4v) is 1.50. The molecule has 0 aliphatic heterocycles. The number of aryl methyl sites for hydroxylation is 1. The molecule has 90 valence electrons.